The number of aliphatic imine (C=N–C) groups is 1. The number of piperazine rings is 1. The zero-order chi connectivity index (χ0) is 21.8. The molecule has 6 heteroatoms. The number of methoxy groups -OCH3 is 1. The molecule has 2 heterocycles. The predicted octanol–water partition coefficient (Wildman–Crippen LogP) is 4.62. The van der Waals surface area contributed by atoms with Crippen molar-refractivity contribution in [2.75, 3.05) is 45.2 Å². The van der Waals surface area contributed by atoms with Crippen LogP contribution >= 0.6 is 0 Å². The highest BCUT2D eigenvalue weighted by Crippen LogP contribution is 2.34. The van der Waals surface area contributed by atoms with Gasteiger partial charge in [-0.25, -0.2) is 4.99 Å². The molecule has 0 saturated carbocycles. The Kier molecular flexibility index (Phi) is 6.18. The second-order valence-electron chi connectivity index (χ2n) is 7.77. The molecule has 0 atom stereocenters. The van der Waals surface area contributed by atoms with Gasteiger partial charge in [-0.05, 0) is 44.3 Å². The number of benzene rings is 2. The van der Waals surface area contributed by atoms with E-state index in [4.69, 9.17) is 9.73 Å². The van der Waals surface area contributed by atoms with Crippen molar-refractivity contribution in [1.82, 2.24) is 15.1 Å². The van der Waals surface area contributed by atoms with Crippen LogP contribution in [0.1, 0.15) is 18.2 Å². The number of H-pyrrole nitrogens is 1. The van der Waals surface area contributed by atoms with Crippen LogP contribution in [0.3, 0.4) is 0 Å². The van der Waals surface area contributed by atoms with Crippen LogP contribution in [0.25, 0.3) is 17.3 Å². The van der Waals surface area contributed by atoms with Crippen LogP contribution in [-0.2, 0) is 0 Å². The SMILES string of the molecule is C=Cc1[nH]nc(-c2ccc(N3CCN(C)CC3)cc2)c1N=C(C)c1ccccc1OC. The fourth-order valence-corrected chi connectivity index (χ4v) is 3.87. The van der Waals surface area contributed by atoms with Crippen molar-refractivity contribution in [2.24, 2.45) is 4.99 Å². The number of aromatic amines is 1. The Morgan fingerprint density at radius 3 is 2.48 bits per heavy atom. The highest BCUT2D eigenvalue weighted by molar-refractivity contribution is 6.03. The third-order valence-corrected chi connectivity index (χ3v) is 5.76. The van der Waals surface area contributed by atoms with Gasteiger partial charge in [-0.1, -0.05) is 30.8 Å². The molecule has 0 spiro atoms. The van der Waals surface area contributed by atoms with E-state index in [0.29, 0.717) is 0 Å². The van der Waals surface area contributed by atoms with E-state index < -0.39 is 0 Å². The summed E-state index contributed by atoms with van der Waals surface area (Å²) >= 11 is 0. The molecule has 1 N–H and O–H groups in total. The maximum Gasteiger partial charge on any atom is 0.127 e. The number of rotatable bonds is 6. The maximum absolute atomic E-state index is 5.50. The number of hydrogen-bond acceptors (Lipinski definition) is 5. The van der Waals surface area contributed by atoms with Crippen LogP contribution in [0, 0.1) is 0 Å². The van der Waals surface area contributed by atoms with Gasteiger partial charge in [-0.3, -0.25) is 5.10 Å². The summed E-state index contributed by atoms with van der Waals surface area (Å²) in [5.41, 5.74) is 6.47. The van der Waals surface area contributed by atoms with Gasteiger partial charge in [0.2, 0.25) is 0 Å². The molecule has 0 amide bonds. The van der Waals surface area contributed by atoms with Crippen molar-refractivity contribution in [3.63, 3.8) is 0 Å². The van der Waals surface area contributed by atoms with Crippen LogP contribution in [0.4, 0.5) is 11.4 Å². The van der Waals surface area contributed by atoms with Crippen LogP contribution in [0.5, 0.6) is 5.75 Å². The highest BCUT2D eigenvalue weighted by Gasteiger charge is 2.17. The largest absolute Gasteiger partial charge is 0.496 e. The Morgan fingerprint density at radius 1 is 1.10 bits per heavy atom. The molecule has 0 radical (unpaired) electrons. The Hall–Kier alpha value is -3.38. The molecule has 2 aromatic carbocycles. The fourth-order valence-electron chi connectivity index (χ4n) is 3.87. The van der Waals surface area contributed by atoms with Crippen molar-refractivity contribution in [3.8, 4) is 17.0 Å². The normalized spacial score (nSPS) is 15.2. The molecule has 160 valence electrons. The van der Waals surface area contributed by atoms with E-state index in [1.54, 1.807) is 13.2 Å². The van der Waals surface area contributed by atoms with Crippen molar-refractivity contribution in [3.05, 3.63) is 66.4 Å². The Balaban J connectivity index is 1.66. The molecular formula is C25H29N5O. The van der Waals surface area contributed by atoms with Crippen LogP contribution in [0.15, 0.2) is 60.1 Å². The lowest BCUT2D eigenvalue weighted by atomic mass is 10.1. The molecule has 1 aromatic heterocycles. The standard InChI is InChI=1S/C25H29N5O/c1-5-22-25(26-18(2)21-8-6-7-9-23(21)31-4)24(28-27-22)19-10-12-20(13-11-19)30-16-14-29(3)15-17-30/h5-13H,1,14-17H2,2-4H3,(H,27,28). The topological polar surface area (TPSA) is 56.8 Å². The van der Waals surface area contributed by atoms with E-state index in [1.165, 1.54) is 5.69 Å². The fraction of sp³-hybridized carbons (Fsp3) is 0.280. The number of likely N-dealkylation sites (N-methyl/N-ethyl adjacent to an activating group) is 1. The van der Waals surface area contributed by atoms with Gasteiger partial charge in [0.25, 0.3) is 0 Å². The summed E-state index contributed by atoms with van der Waals surface area (Å²) in [6.45, 7) is 10.2. The molecule has 0 bridgehead atoms. The Labute approximate surface area is 183 Å². The van der Waals surface area contributed by atoms with Crippen molar-refractivity contribution in [1.29, 1.82) is 0 Å². The lowest BCUT2D eigenvalue weighted by Crippen LogP contribution is -2.44. The van der Waals surface area contributed by atoms with Gasteiger partial charge in [0.1, 0.15) is 17.1 Å². The summed E-state index contributed by atoms with van der Waals surface area (Å²) < 4.78 is 5.50. The first-order valence-electron chi connectivity index (χ1n) is 10.5. The van der Waals surface area contributed by atoms with Gasteiger partial charge < -0.3 is 14.5 Å². The summed E-state index contributed by atoms with van der Waals surface area (Å²) in [6, 6.07) is 16.5. The number of nitrogens with zero attached hydrogens (tertiary/aromatic N) is 4. The third-order valence-electron chi connectivity index (χ3n) is 5.76. The van der Waals surface area contributed by atoms with Crippen LogP contribution < -0.4 is 9.64 Å². The van der Waals surface area contributed by atoms with Crippen molar-refractivity contribution in [2.45, 2.75) is 6.92 Å². The second kappa shape index (κ2) is 9.18. The maximum atomic E-state index is 5.50. The smallest absolute Gasteiger partial charge is 0.127 e. The molecule has 1 saturated heterocycles. The molecule has 6 nitrogen and oxygen atoms in total. The number of para-hydroxylation sites is 1. The number of ether oxygens (including phenoxy) is 1. The van der Waals surface area contributed by atoms with Gasteiger partial charge in [0.05, 0.1) is 12.8 Å². The molecule has 1 aliphatic heterocycles. The Morgan fingerprint density at radius 2 is 1.81 bits per heavy atom. The first kappa shape index (κ1) is 20.9. The third kappa shape index (κ3) is 4.39. The average Bonchev–Trinajstić information content (AvgIpc) is 3.22. The molecular weight excluding hydrogens is 386 g/mol. The zero-order valence-electron chi connectivity index (χ0n) is 18.4. The van der Waals surface area contributed by atoms with Gasteiger partial charge in [-0.2, -0.15) is 5.10 Å². The first-order chi connectivity index (χ1) is 15.1. The lowest BCUT2D eigenvalue weighted by Gasteiger charge is -2.34. The number of anilines is 1. The van der Waals surface area contributed by atoms with E-state index in [0.717, 1.165) is 65.8 Å². The second-order valence-corrected chi connectivity index (χ2v) is 7.77. The summed E-state index contributed by atoms with van der Waals surface area (Å²) in [4.78, 5) is 9.71. The molecule has 3 aromatic rings. The van der Waals surface area contributed by atoms with E-state index in [-0.39, 0.29) is 0 Å². The van der Waals surface area contributed by atoms with Crippen LogP contribution in [-0.4, -0.2) is 61.1 Å². The molecule has 1 aliphatic rings. The lowest BCUT2D eigenvalue weighted by molar-refractivity contribution is 0.313. The van der Waals surface area contributed by atoms with Gasteiger partial charge in [0, 0.05) is 48.7 Å². The van der Waals surface area contributed by atoms with Crippen molar-refractivity contribution < 1.29 is 4.74 Å². The molecule has 1 fully saturated rings. The summed E-state index contributed by atoms with van der Waals surface area (Å²) in [7, 11) is 3.84. The van der Waals surface area contributed by atoms with E-state index in [2.05, 4.69) is 57.9 Å². The van der Waals surface area contributed by atoms with E-state index in [9.17, 15) is 0 Å². The van der Waals surface area contributed by atoms with Gasteiger partial charge >= 0.3 is 0 Å². The molecule has 31 heavy (non-hydrogen) atoms. The monoisotopic (exact) mass is 415 g/mol. The van der Waals surface area contributed by atoms with Gasteiger partial charge in [-0.15, -0.1) is 0 Å². The number of hydrogen-bond donors (Lipinski definition) is 1. The predicted molar refractivity (Wildman–Crippen MR) is 129 cm³/mol. The minimum absolute atomic E-state index is 0.783. The average molecular weight is 416 g/mol. The summed E-state index contributed by atoms with van der Waals surface area (Å²) in [6.07, 6.45) is 1.75. The zero-order valence-corrected chi connectivity index (χ0v) is 18.4. The Bertz CT molecular complexity index is 1080. The first-order valence-corrected chi connectivity index (χ1v) is 10.5. The van der Waals surface area contributed by atoms with Gasteiger partial charge in [0.15, 0.2) is 0 Å². The van der Waals surface area contributed by atoms with Crippen LogP contribution in [0.2, 0.25) is 0 Å². The van der Waals surface area contributed by atoms with Crippen molar-refractivity contribution >= 4 is 23.2 Å². The number of nitrogens with one attached hydrogen (secondary N) is 1. The molecule has 0 aliphatic carbocycles. The highest BCUT2D eigenvalue weighted by atomic mass is 16.5. The molecule has 4 rings (SSSR count). The minimum atomic E-state index is 0.783. The van der Waals surface area contributed by atoms with E-state index in [1.807, 2.05) is 31.2 Å². The van der Waals surface area contributed by atoms with E-state index >= 15 is 0 Å². The minimum Gasteiger partial charge on any atom is -0.496 e. The quantitative estimate of drug-likeness (QED) is 0.597. The molecule has 0 unspecified atom stereocenters. The summed E-state index contributed by atoms with van der Waals surface area (Å²) in [5, 5.41) is 7.61. The number of aromatic nitrogens is 2. The summed E-state index contributed by atoms with van der Waals surface area (Å²) in [5.74, 6) is 0.797.